The number of benzene rings is 1. The van der Waals surface area contributed by atoms with E-state index in [1.165, 1.54) is 26.3 Å². The summed E-state index contributed by atoms with van der Waals surface area (Å²) in [6.07, 6.45) is -1.01. The summed E-state index contributed by atoms with van der Waals surface area (Å²) in [4.78, 5) is 68.5. The average Bonchev–Trinajstić information content (AvgIpc) is 2.99. The highest BCUT2D eigenvalue weighted by Gasteiger charge is 2.42. The van der Waals surface area contributed by atoms with Crippen molar-refractivity contribution in [3.63, 3.8) is 0 Å². The number of nitrogens with one attached hydrogen (secondary N) is 1. The van der Waals surface area contributed by atoms with Gasteiger partial charge in [-0.15, -0.1) is 11.6 Å². The van der Waals surface area contributed by atoms with Crippen molar-refractivity contribution in [2.24, 2.45) is 11.8 Å². The quantitative estimate of drug-likeness (QED) is 0.241. The predicted molar refractivity (Wildman–Crippen MR) is 148 cm³/mol. The van der Waals surface area contributed by atoms with Crippen molar-refractivity contribution >= 4 is 41.4 Å². The molecule has 0 bridgehead atoms. The van der Waals surface area contributed by atoms with Gasteiger partial charge in [0, 0.05) is 18.1 Å². The molecule has 1 saturated heterocycles. The van der Waals surface area contributed by atoms with Crippen LogP contribution in [-0.4, -0.2) is 72.6 Å². The first-order valence-corrected chi connectivity index (χ1v) is 13.8. The molecule has 226 valence electrons. The second-order valence-corrected chi connectivity index (χ2v) is 10.1. The highest BCUT2D eigenvalue weighted by molar-refractivity contribution is 6.18. The Morgan fingerprint density at radius 1 is 1.12 bits per heavy atom. The number of pyridine rings is 1. The van der Waals surface area contributed by atoms with Gasteiger partial charge in [-0.05, 0) is 18.9 Å². The number of ether oxygens (including phenoxy) is 5. The van der Waals surface area contributed by atoms with Crippen LogP contribution in [0.2, 0.25) is 0 Å². The largest absolute Gasteiger partial charge is 0.493 e. The first kappa shape index (κ1) is 32.3. The number of alkyl halides is 1. The van der Waals surface area contributed by atoms with Crippen LogP contribution in [0.3, 0.4) is 0 Å². The lowest BCUT2D eigenvalue weighted by Crippen LogP contribution is -2.47. The summed E-state index contributed by atoms with van der Waals surface area (Å²) in [5, 5.41) is 2.42. The molecule has 12 nitrogen and oxygen atoms in total. The highest BCUT2D eigenvalue weighted by atomic mass is 35.5. The lowest BCUT2D eigenvalue weighted by Gasteiger charge is -2.29. The Morgan fingerprint density at radius 3 is 2.48 bits per heavy atom. The molecule has 2 heterocycles. The standard InChI is InChI=1S/C29H33ClN2O10/c1-16(2)27(35)42-24-17(3)40-29(37)20(15-39-28(36)19(24)14-18-8-6-5-7-9-18)32-26(34)23-25(41-22(33)10-12-30)21(38-4)11-13-31-23/h5-9,11,13,16-17,19-20,24H,10,12,14-15H2,1-4H3,(H,32,34). The van der Waals surface area contributed by atoms with Crippen LogP contribution >= 0.6 is 11.6 Å². The minimum absolute atomic E-state index is 0.0147. The Hall–Kier alpha value is -4.19. The van der Waals surface area contributed by atoms with E-state index >= 15 is 0 Å². The van der Waals surface area contributed by atoms with Gasteiger partial charge in [0.2, 0.25) is 5.75 Å². The van der Waals surface area contributed by atoms with Crippen molar-refractivity contribution < 1.29 is 47.7 Å². The summed E-state index contributed by atoms with van der Waals surface area (Å²) in [5.41, 5.74) is 0.406. The smallest absolute Gasteiger partial charge is 0.332 e. The van der Waals surface area contributed by atoms with E-state index in [1.54, 1.807) is 38.1 Å². The summed E-state index contributed by atoms with van der Waals surface area (Å²) in [6.45, 7) is 4.18. The van der Waals surface area contributed by atoms with Crippen LogP contribution in [0.4, 0.5) is 0 Å². The first-order chi connectivity index (χ1) is 20.0. The van der Waals surface area contributed by atoms with Crippen LogP contribution in [0.5, 0.6) is 11.5 Å². The van der Waals surface area contributed by atoms with Gasteiger partial charge in [-0.2, -0.15) is 0 Å². The minimum Gasteiger partial charge on any atom is -0.493 e. The third-order valence-electron chi connectivity index (χ3n) is 6.29. The molecule has 0 radical (unpaired) electrons. The Balaban J connectivity index is 1.89. The van der Waals surface area contributed by atoms with Gasteiger partial charge >= 0.3 is 23.9 Å². The molecule has 1 aliphatic heterocycles. The normalized spacial score (nSPS) is 20.7. The third-order valence-corrected chi connectivity index (χ3v) is 6.48. The number of hydrogen-bond donors (Lipinski definition) is 1. The molecule has 1 aliphatic rings. The fourth-order valence-electron chi connectivity index (χ4n) is 4.07. The molecule has 1 amide bonds. The molecule has 3 rings (SSSR count). The molecule has 1 fully saturated rings. The zero-order chi connectivity index (χ0) is 30.8. The average molecular weight is 605 g/mol. The number of rotatable bonds is 10. The number of carbonyl (C=O) groups excluding carboxylic acids is 5. The van der Waals surface area contributed by atoms with Crippen LogP contribution in [0.25, 0.3) is 0 Å². The number of methoxy groups -OCH3 is 1. The molecular formula is C29H33ClN2O10. The van der Waals surface area contributed by atoms with Crippen molar-refractivity contribution in [1.82, 2.24) is 10.3 Å². The monoisotopic (exact) mass is 604 g/mol. The number of nitrogens with zero attached hydrogens (tertiary/aromatic N) is 1. The maximum atomic E-state index is 13.4. The van der Waals surface area contributed by atoms with E-state index in [4.69, 9.17) is 35.3 Å². The molecule has 1 N–H and O–H groups in total. The van der Waals surface area contributed by atoms with E-state index in [2.05, 4.69) is 10.3 Å². The van der Waals surface area contributed by atoms with Crippen molar-refractivity contribution in [3.8, 4) is 11.5 Å². The van der Waals surface area contributed by atoms with Crippen molar-refractivity contribution in [3.05, 3.63) is 53.9 Å². The molecule has 13 heteroatoms. The fraction of sp³-hybridized carbons (Fsp3) is 0.448. The van der Waals surface area contributed by atoms with E-state index in [1.807, 2.05) is 6.07 Å². The molecule has 2 aromatic rings. The van der Waals surface area contributed by atoms with Crippen LogP contribution in [-0.2, 0) is 39.8 Å². The molecule has 0 spiro atoms. The van der Waals surface area contributed by atoms with Crippen LogP contribution in [0.15, 0.2) is 42.6 Å². The number of aromatic nitrogens is 1. The predicted octanol–water partition coefficient (Wildman–Crippen LogP) is 2.64. The second kappa shape index (κ2) is 15.2. The van der Waals surface area contributed by atoms with E-state index in [0.717, 1.165) is 5.56 Å². The Kier molecular flexibility index (Phi) is 11.7. The van der Waals surface area contributed by atoms with Crippen molar-refractivity contribution in [2.75, 3.05) is 19.6 Å². The maximum Gasteiger partial charge on any atom is 0.332 e. The zero-order valence-corrected chi connectivity index (χ0v) is 24.4. The third kappa shape index (κ3) is 8.41. The van der Waals surface area contributed by atoms with Gasteiger partial charge in [-0.3, -0.25) is 19.2 Å². The number of carbonyl (C=O) groups is 5. The van der Waals surface area contributed by atoms with Gasteiger partial charge in [0.05, 0.1) is 19.4 Å². The Labute approximate surface area is 247 Å². The van der Waals surface area contributed by atoms with Gasteiger partial charge < -0.3 is 29.0 Å². The zero-order valence-electron chi connectivity index (χ0n) is 23.7. The number of amides is 1. The summed E-state index contributed by atoms with van der Waals surface area (Å²) in [5.74, 6) is -5.73. The van der Waals surface area contributed by atoms with Gasteiger partial charge in [0.25, 0.3) is 5.91 Å². The van der Waals surface area contributed by atoms with E-state index in [9.17, 15) is 24.0 Å². The maximum absolute atomic E-state index is 13.4. The van der Waals surface area contributed by atoms with Gasteiger partial charge in [0.15, 0.2) is 23.6 Å². The molecule has 4 atom stereocenters. The van der Waals surface area contributed by atoms with Crippen molar-refractivity contribution in [1.29, 1.82) is 0 Å². The molecule has 42 heavy (non-hydrogen) atoms. The summed E-state index contributed by atoms with van der Waals surface area (Å²) in [6, 6.07) is 8.94. The number of cyclic esters (lactones) is 2. The molecular weight excluding hydrogens is 572 g/mol. The molecule has 1 aromatic carbocycles. The fourth-order valence-corrected chi connectivity index (χ4v) is 4.23. The Bertz CT molecular complexity index is 1290. The first-order valence-electron chi connectivity index (χ1n) is 13.3. The van der Waals surface area contributed by atoms with Crippen LogP contribution < -0.4 is 14.8 Å². The van der Waals surface area contributed by atoms with Crippen LogP contribution in [0.1, 0.15) is 43.2 Å². The van der Waals surface area contributed by atoms with Gasteiger partial charge in [-0.1, -0.05) is 44.2 Å². The molecule has 4 unspecified atom stereocenters. The molecule has 0 aliphatic carbocycles. The lowest BCUT2D eigenvalue weighted by atomic mass is 9.91. The SMILES string of the molecule is COc1ccnc(C(=O)NC2COC(=O)C(Cc3ccccc3)C(OC(=O)C(C)C)C(C)OC2=O)c1OC(=O)CCCl. The topological polar surface area (TPSA) is 156 Å². The number of halogens is 1. The lowest BCUT2D eigenvalue weighted by molar-refractivity contribution is -0.176. The highest BCUT2D eigenvalue weighted by Crippen LogP contribution is 2.30. The van der Waals surface area contributed by atoms with E-state index in [-0.39, 0.29) is 35.9 Å². The van der Waals surface area contributed by atoms with Gasteiger partial charge in [-0.25, -0.2) is 9.78 Å². The second-order valence-electron chi connectivity index (χ2n) is 9.75. The molecule has 0 saturated carbocycles. The van der Waals surface area contributed by atoms with Gasteiger partial charge in [0.1, 0.15) is 18.6 Å². The summed E-state index contributed by atoms with van der Waals surface area (Å²) in [7, 11) is 1.31. The van der Waals surface area contributed by atoms with E-state index < -0.39 is 66.5 Å². The summed E-state index contributed by atoms with van der Waals surface area (Å²) >= 11 is 5.61. The Morgan fingerprint density at radius 2 is 1.83 bits per heavy atom. The van der Waals surface area contributed by atoms with E-state index in [0.29, 0.717) is 0 Å². The van der Waals surface area contributed by atoms with Crippen molar-refractivity contribution in [2.45, 2.75) is 51.9 Å². The number of esters is 4. The van der Waals surface area contributed by atoms with Crippen LogP contribution in [0, 0.1) is 11.8 Å². The minimum atomic E-state index is -1.47. The number of hydrogen-bond acceptors (Lipinski definition) is 11. The summed E-state index contributed by atoms with van der Waals surface area (Å²) < 4.78 is 27.2. The molecule has 1 aromatic heterocycles.